The molecule has 2 aliphatic rings. The number of ether oxygens (including phenoxy) is 2. The van der Waals surface area contributed by atoms with Crippen molar-refractivity contribution in [3.8, 4) is 0 Å². The summed E-state index contributed by atoms with van der Waals surface area (Å²) < 4.78 is 15.9. The Labute approximate surface area is 88.5 Å². The summed E-state index contributed by atoms with van der Waals surface area (Å²) in [7, 11) is 0. The molecule has 1 saturated heterocycles. The minimum absolute atomic E-state index is 0.0757. The molecule has 2 fully saturated rings. The van der Waals surface area contributed by atoms with Crippen LogP contribution in [0, 0.1) is 5.92 Å². The van der Waals surface area contributed by atoms with E-state index in [0.717, 1.165) is 0 Å². The highest BCUT2D eigenvalue weighted by Gasteiger charge is 2.53. The number of hydrogen-bond donors (Lipinski definition) is 1. The quantitative estimate of drug-likeness (QED) is 0.554. The molecule has 2 unspecified atom stereocenters. The Bertz CT molecular complexity index is 253. The molecule has 0 bridgehead atoms. The monoisotopic (exact) mass is 218 g/mol. The van der Waals surface area contributed by atoms with E-state index in [1.807, 2.05) is 13.8 Å². The normalized spacial score (nSPS) is 40.2. The predicted octanol–water partition coefficient (Wildman–Crippen LogP) is 0.957. The van der Waals surface area contributed by atoms with Gasteiger partial charge in [0.2, 0.25) is 0 Å². The Morgan fingerprint density at radius 2 is 2.29 bits per heavy atom. The van der Waals surface area contributed by atoms with Gasteiger partial charge in [0, 0.05) is 12.3 Å². The van der Waals surface area contributed by atoms with E-state index in [-0.39, 0.29) is 17.8 Å². The molecule has 0 aromatic heterocycles. The third-order valence-corrected chi connectivity index (χ3v) is 2.81. The maximum Gasteiger partial charge on any atom is 0.164 e. The molecule has 3 atom stereocenters. The van der Waals surface area contributed by atoms with Gasteiger partial charge in [-0.25, -0.2) is 0 Å². The van der Waals surface area contributed by atoms with Gasteiger partial charge in [0.05, 0.1) is 12.7 Å². The maximum atomic E-state index is 11.5. The zero-order valence-corrected chi connectivity index (χ0v) is 9.12. The highest BCUT2D eigenvalue weighted by molar-refractivity contribution is 7.75. The van der Waals surface area contributed by atoms with Crippen LogP contribution < -0.4 is 0 Å². The summed E-state index contributed by atoms with van der Waals surface area (Å²) in [5.74, 6) is -0.469. The van der Waals surface area contributed by atoms with Crippen molar-refractivity contribution < 1.29 is 18.5 Å². The molecular weight excluding hydrogens is 204 g/mol. The first-order valence-electron chi connectivity index (χ1n) is 4.68. The molecule has 0 radical (unpaired) electrons. The van der Waals surface area contributed by atoms with Gasteiger partial charge in [-0.2, -0.15) is 0 Å². The second kappa shape index (κ2) is 3.48. The average Bonchev–Trinajstić information content (AvgIpc) is 2.51. The summed E-state index contributed by atoms with van der Waals surface area (Å²) >= 11 is 3.69. The molecule has 5 heteroatoms. The third-order valence-electron chi connectivity index (χ3n) is 2.66. The van der Waals surface area contributed by atoms with Crippen molar-refractivity contribution >= 4 is 18.7 Å². The number of carbonyl (C=O) groups excluding carboxylic acids is 1. The van der Waals surface area contributed by atoms with E-state index < -0.39 is 11.9 Å². The van der Waals surface area contributed by atoms with Gasteiger partial charge in [-0.05, 0) is 26.8 Å². The first-order valence-corrected chi connectivity index (χ1v) is 5.05. The average molecular weight is 218 g/mol. The van der Waals surface area contributed by atoms with E-state index >= 15 is 0 Å². The SMILES string of the molecule is CC1(C)OC2C(=O)C[C@@H](COS)C2O1. The molecule has 0 aromatic carbocycles. The fourth-order valence-corrected chi connectivity index (χ4v) is 2.31. The standard InChI is InChI=1S/C9H14O4S/c1-9(2)12-7-5(4-11-14)3-6(10)8(7)13-9/h5,7-8,14H,3-4H2,1-2H3/t5-,7?,8?/m0/s1. The molecule has 80 valence electrons. The molecule has 1 saturated carbocycles. The number of carbonyl (C=O) groups is 1. The van der Waals surface area contributed by atoms with Gasteiger partial charge < -0.3 is 13.7 Å². The molecule has 0 aromatic rings. The lowest BCUT2D eigenvalue weighted by Crippen LogP contribution is -2.27. The molecule has 0 N–H and O–H groups in total. The lowest BCUT2D eigenvalue weighted by Gasteiger charge is -2.20. The maximum absolute atomic E-state index is 11.5. The van der Waals surface area contributed by atoms with Gasteiger partial charge in [-0.15, -0.1) is 0 Å². The Morgan fingerprint density at radius 1 is 1.57 bits per heavy atom. The van der Waals surface area contributed by atoms with Crippen LogP contribution in [0.2, 0.25) is 0 Å². The summed E-state index contributed by atoms with van der Waals surface area (Å²) in [4.78, 5) is 11.5. The molecular formula is C9H14O4S. The zero-order valence-electron chi connectivity index (χ0n) is 8.23. The van der Waals surface area contributed by atoms with Crippen molar-refractivity contribution in [1.82, 2.24) is 0 Å². The Morgan fingerprint density at radius 3 is 2.93 bits per heavy atom. The summed E-state index contributed by atoms with van der Waals surface area (Å²) in [6.07, 6.45) is -0.102. The van der Waals surface area contributed by atoms with Crippen LogP contribution in [0.5, 0.6) is 0 Å². The van der Waals surface area contributed by atoms with Gasteiger partial charge in [0.1, 0.15) is 6.10 Å². The van der Waals surface area contributed by atoms with Crippen LogP contribution >= 0.6 is 12.9 Å². The highest BCUT2D eigenvalue weighted by atomic mass is 32.1. The van der Waals surface area contributed by atoms with Crippen LogP contribution in [0.3, 0.4) is 0 Å². The summed E-state index contributed by atoms with van der Waals surface area (Å²) in [5, 5.41) is 0. The van der Waals surface area contributed by atoms with Crippen molar-refractivity contribution in [1.29, 1.82) is 0 Å². The summed E-state index contributed by atoms with van der Waals surface area (Å²) in [5.41, 5.74) is 0. The van der Waals surface area contributed by atoms with Gasteiger partial charge >= 0.3 is 0 Å². The van der Waals surface area contributed by atoms with E-state index in [2.05, 4.69) is 12.9 Å². The van der Waals surface area contributed by atoms with Crippen LogP contribution in [-0.2, 0) is 18.5 Å². The van der Waals surface area contributed by atoms with E-state index in [1.54, 1.807) is 0 Å². The third kappa shape index (κ3) is 1.69. The minimum atomic E-state index is -0.653. The fourth-order valence-electron chi connectivity index (χ4n) is 2.12. The Hall–Kier alpha value is -0.100. The topological polar surface area (TPSA) is 44.8 Å². The second-order valence-electron chi connectivity index (χ2n) is 4.25. The van der Waals surface area contributed by atoms with Crippen molar-refractivity contribution in [2.24, 2.45) is 5.92 Å². The number of hydrogen-bond acceptors (Lipinski definition) is 5. The van der Waals surface area contributed by atoms with Crippen LogP contribution in [0.1, 0.15) is 20.3 Å². The smallest absolute Gasteiger partial charge is 0.164 e. The molecule has 1 aliphatic heterocycles. The second-order valence-corrected chi connectivity index (χ2v) is 4.51. The van der Waals surface area contributed by atoms with E-state index in [4.69, 9.17) is 13.7 Å². The van der Waals surface area contributed by atoms with Gasteiger partial charge in [-0.1, -0.05) is 0 Å². The van der Waals surface area contributed by atoms with E-state index in [9.17, 15) is 4.79 Å². The number of rotatable bonds is 2. The first-order chi connectivity index (χ1) is 6.53. The Kier molecular flexibility index (Phi) is 2.59. The van der Waals surface area contributed by atoms with Gasteiger partial charge in [0.25, 0.3) is 0 Å². The predicted molar refractivity (Wildman–Crippen MR) is 51.9 cm³/mol. The van der Waals surface area contributed by atoms with E-state index in [1.165, 1.54) is 0 Å². The van der Waals surface area contributed by atoms with E-state index in [0.29, 0.717) is 13.0 Å². The lowest BCUT2D eigenvalue weighted by molar-refractivity contribution is -0.163. The largest absolute Gasteiger partial charge is 0.344 e. The Balaban J connectivity index is 2.11. The molecule has 1 heterocycles. The minimum Gasteiger partial charge on any atom is -0.344 e. The molecule has 0 amide bonds. The van der Waals surface area contributed by atoms with Crippen LogP contribution in [0.4, 0.5) is 0 Å². The van der Waals surface area contributed by atoms with Crippen molar-refractivity contribution in [2.75, 3.05) is 6.61 Å². The summed E-state index contributed by atoms with van der Waals surface area (Å²) in [6, 6.07) is 0. The van der Waals surface area contributed by atoms with Crippen molar-refractivity contribution in [3.63, 3.8) is 0 Å². The van der Waals surface area contributed by atoms with Crippen molar-refractivity contribution in [3.05, 3.63) is 0 Å². The first kappa shape index (κ1) is 10.4. The van der Waals surface area contributed by atoms with Crippen LogP contribution in [0.15, 0.2) is 0 Å². The zero-order chi connectivity index (χ0) is 10.3. The lowest BCUT2D eigenvalue weighted by atomic mass is 10.1. The van der Waals surface area contributed by atoms with Gasteiger partial charge in [-0.3, -0.25) is 4.79 Å². The number of thiol groups is 1. The summed E-state index contributed by atoms with van der Waals surface area (Å²) in [6.45, 7) is 4.06. The van der Waals surface area contributed by atoms with Crippen LogP contribution in [-0.4, -0.2) is 30.4 Å². The fraction of sp³-hybridized carbons (Fsp3) is 0.889. The number of ketones is 1. The molecule has 0 spiro atoms. The molecule has 2 rings (SSSR count). The van der Waals surface area contributed by atoms with Crippen molar-refractivity contribution in [2.45, 2.75) is 38.3 Å². The molecule has 14 heavy (non-hydrogen) atoms. The molecule has 4 nitrogen and oxygen atoms in total. The molecule has 1 aliphatic carbocycles. The highest BCUT2D eigenvalue weighted by Crippen LogP contribution is 2.39. The van der Waals surface area contributed by atoms with Crippen LogP contribution in [0.25, 0.3) is 0 Å². The number of Topliss-reactive ketones (excluding diaryl/α,β-unsaturated/α-hetero) is 1. The number of fused-ring (bicyclic) bond motifs is 1. The van der Waals surface area contributed by atoms with Gasteiger partial charge in [0.15, 0.2) is 11.6 Å².